The van der Waals surface area contributed by atoms with Crippen LogP contribution in [0.3, 0.4) is 0 Å². The van der Waals surface area contributed by atoms with Crippen LogP contribution in [-0.4, -0.2) is 11.6 Å². The summed E-state index contributed by atoms with van der Waals surface area (Å²) in [5.74, 6) is 4.72. The first kappa shape index (κ1) is 11.4. The molecule has 7 saturated carbocycles. The van der Waals surface area contributed by atoms with Crippen molar-refractivity contribution in [2.24, 2.45) is 35.5 Å². The summed E-state index contributed by atoms with van der Waals surface area (Å²) in [6, 6.07) is 9.49. The van der Waals surface area contributed by atoms with Gasteiger partial charge in [-0.3, -0.25) is 0 Å². The van der Waals surface area contributed by atoms with Crippen molar-refractivity contribution in [2.75, 3.05) is 0 Å². The van der Waals surface area contributed by atoms with E-state index in [0.717, 1.165) is 30.1 Å². The Morgan fingerprint density at radius 2 is 2.00 bits per heavy atom. The number of carbonyl (C=O) groups is 1. The molecule has 1 aromatic carbocycles. The largest absolute Gasteiger partial charge is 0.455 e. The number of hydrogen-bond donors (Lipinski definition) is 0. The smallest absolute Gasteiger partial charge is 0.338 e. The third kappa shape index (κ3) is 1.08. The summed E-state index contributed by atoms with van der Waals surface area (Å²) >= 11 is 0. The molecule has 7 aliphatic carbocycles. The summed E-state index contributed by atoms with van der Waals surface area (Å²) < 4.78 is 6.15. The first-order valence-corrected chi connectivity index (χ1v) is 8.01. The van der Waals surface area contributed by atoms with Crippen LogP contribution in [-0.2, 0) is 4.74 Å². The van der Waals surface area contributed by atoms with Crippen LogP contribution in [0.2, 0.25) is 0 Å². The van der Waals surface area contributed by atoms with Gasteiger partial charge in [-0.15, -0.1) is 0 Å². The minimum Gasteiger partial charge on any atom is -0.455 e. The Balaban J connectivity index is 1.46. The van der Waals surface area contributed by atoms with Crippen molar-refractivity contribution in [1.82, 2.24) is 0 Å². The van der Waals surface area contributed by atoms with E-state index in [1.807, 2.05) is 30.3 Å². The van der Waals surface area contributed by atoms with Gasteiger partial charge >= 0.3 is 5.97 Å². The summed E-state index contributed by atoms with van der Waals surface area (Å²) in [5, 5.41) is 0. The lowest BCUT2D eigenvalue weighted by atomic mass is 9.24. The van der Waals surface area contributed by atoms with Crippen molar-refractivity contribution in [3.05, 3.63) is 35.9 Å². The Morgan fingerprint density at radius 1 is 1.20 bits per heavy atom. The van der Waals surface area contributed by atoms with Gasteiger partial charge in [0.15, 0.2) is 0 Å². The summed E-state index contributed by atoms with van der Waals surface area (Å²) in [6.07, 6.45) is 3.78. The van der Waals surface area contributed by atoms with Gasteiger partial charge in [0.1, 0.15) is 5.60 Å². The average molecular weight is 268 g/mol. The van der Waals surface area contributed by atoms with E-state index in [9.17, 15) is 4.79 Å². The third-order valence-corrected chi connectivity index (χ3v) is 6.88. The average Bonchev–Trinajstić information content (AvgIpc) is 2.47. The fraction of sp³-hybridized carbons (Fsp3) is 0.611. The molecule has 7 atom stereocenters. The summed E-state index contributed by atoms with van der Waals surface area (Å²) in [5.41, 5.74) is 0.615. The maximum atomic E-state index is 12.5. The zero-order valence-electron chi connectivity index (χ0n) is 11.8. The van der Waals surface area contributed by atoms with Crippen LogP contribution < -0.4 is 0 Å². The molecule has 0 spiro atoms. The Labute approximate surface area is 119 Å². The third-order valence-electron chi connectivity index (χ3n) is 6.88. The highest BCUT2D eigenvalue weighted by molar-refractivity contribution is 5.89. The normalized spacial score (nSPS) is 50.0. The number of benzene rings is 1. The second-order valence-corrected chi connectivity index (χ2v) is 7.42. The van der Waals surface area contributed by atoms with Crippen molar-refractivity contribution >= 4 is 5.97 Å². The summed E-state index contributed by atoms with van der Waals surface area (Å²) in [4.78, 5) is 12.5. The minimum atomic E-state index is -0.104. The predicted molar refractivity (Wildman–Crippen MR) is 75.1 cm³/mol. The number of hydrogen-bond acceptors (Lipinski definition) is 2. The highest BCUT2D eigenvalue weighted by Gasteiger charge is 2.81. The second kappa shape index (κ2) is 3.47. The molecule has 0 N–H and O–H groups in total. The Hall–Kier alpha value is -1.31. The van der Waals surface area contributed by atoms with Crippen molar-refractivity contribution in [2.45, 2.75) is 31.8 Å². The topological polar surface area (TPSA) is 26.3 Å². The maximum Gasteiger partial charge on any atom is 0.338 e. The fourth-order valence-electron chi connectivity index (χ4n) is 6.45. The van der Waals surface area contributed by atoms with E-state index in [0.29, 0.717) is 17.4 Å². The standard InChI is InChI=1S/C18H20O2/c1-10-9-13-12-7-8-18(15(10)14(12)16(13)18)20-17(19)11-5-3-2-4-6-11/h2-6,10,12-16H,7-9H2,1H3. The minimum absolute atomic E-state index is 0.0886. The first-order valence-electron chi connectivity index (χ1n) is 8.01. The molecule has 20 heavy (non-hydrogen) atoms. The fourth-order valence-corrected chi connectivity index (χ4v) is 6.45. The molecular weight excluding hydrogens is 248 g/mol. The van der Waals surface area contributed by atoms with Crippen LogP contribution >= 0.6 is 0 Å². The molecule has 0 aromatic heterocycles. The molecule has 0 radical (unpaired) electrons. The monoisotopic (exact) mass is 268 g/mol. The number of carbonyl (C=O) groups excluding carboxylic acids is 1. The van der Waals surface area contributed by atoms with Crippen molar-refractivity contribution in [3.63, 3.8) is 0 Å². The van der Waals surface area contributed by atoms with Crippen LogP contribution in [0.4, 0.5) is 0 Å². The summed E-state index contributed by atoms with van der Waals surface area (Å²) in [7, 11) is 0. The molecule has 2 nitrogen and oxygen atoms in total. The molecule has 104 valence electrons. The van der Waals surface area contributed by atoms with Gasteiger partial charge < -0.3 is 4.74 Å². The van der Waals surface area contributed by atoms with Crippen molar-refractivity contribution in [3.8, 4) is 0 Å². The molecule has 7 unspecified atom stereocenters. The molecule has 0 aliphatic heterocycles. The number of esters is 1. The van der Waals surface area contributed by atoms with Gasteiger partial charge in [-0.1, -0.05) is 25.1 Å². The van der Waals surface area contributed by atoms with E-state index >= 15 is 0 Å². The van der Waals surface area contributed by atoms with Crippen molar-refractivity contribution in [1.29, 1.82) is 0 Å². The maximum absolute atomic E-state index is 12.5. The molecular formula is C18H20O2. The Morgan fingerprint density at radius 3 is 2.75 bits per heavy atom. The molecule has 0 heterocycles. The second-order valence-electron chi connectivity index (χ2n) is 7.42. The highest BCUT2D eigenvalue weighted by Crippen LogP contribution is 2.80. The van der Waals surface area contributed by atoms with E-state index in [1.54, 1.807) is 0 Å². The van der Waals surface area contributed by atoms with Gasteiger partial charge in [0.05, 0.1) is 5.56 Å². The molecule has 7 aliphatic rings. The van der Waals surface area contributed by atoms with Crippen LogP contribution in [0.5, 0.6) is 0 Å². The van der Waals surface area contributed by atoms with Crippen LogP contribution in [0.15, 0.2) is 30.3 Å². The predicted octanol–water partition coefficient (Wildman–Crippen LogP) is 3.52. The van der Waals surface area contributed by atoms with E-state index in [4.69, 9.17) is 4.74 Å². The van der Waals surface area contributed by atoms with E-state index in [2.05, 4.69) is 6.92 Å². The molecule has 1 aromatic rings. The van der Waals surface area contributed by atoms with Crippen LogP contribution in [0.1, 0.15) is 36.5 Å². The molecule has 7 fully saturated rings. The van der Waals surface area contributed by atoms with Gasteiger partial charge in [0, 0.05) is 11.8 Å². The molecule has 6 bridgehead atoms. The van der Waals surface area contributed by atoms with Gasteiger partial charge in [0.2, 0.25) is 0 Å². The zero-order valence-corrected chi connectivity index (χ0v) is 11.8. The quantitative estimate of drug-likeness (QED) is 0.767. The Bertz CT molecular complexity index is 574. The van der Waals surface area contributed by atoms with E-state index in [-0.39, 0.29) is 11.6 Å². The van der Waals surface area contributed by atoms with E-state index in [1.165, 1.54) is 12.8 Å². The summed E-state index contributed by atoms with van der Waals surface area (Å²) in [6.45, 7) is 2.37. The highest BCUT2D eigenvalue weighted by atomic mass is 16.6. The van der Waals surface area contributed by atoms with Crippen molar-refractivity contribution < 1.29 is 9.53 Å². The van der Waals surface area contributed by atoms with Crippen LogP contribution in [0.25, 0.3) is 0 Å². The van der Waals surface area contributed by atoms with Gasteiger partial charge in [-0.05, 0) is 55.1 Å². The molecule has 0 saturated heterocycles. The molecule has 8 rings (SSSR count). The molecule has 2 heteroatoms. The number of rotatable bonds is 2. The number of fused-ring (bicyclic) bond motifs is 1. The lowest BCUT2D eigenvalue weighted by molar-refractivity contribution is -0.382. The lowest BCUT2D eigenvalue weighted by Gasteiger charge is -2.82. The lowest BCUT2D eigenvalue weighted by Crippen LogP contribution is -2.83. The SMILES string of the molecule is CC1CC2C3CCC4(OC(=O)c5ccccc5)C1C3C24. The Kier molecular flexibility index (Phi) is 1.97. The van der Waals surface area contributed by atoms with E-state index < -0.39 is 0 Å². The van der Waals surface area contributed by atoms with Gasteiger partial charge in [0.25, 0.3) is 0 Å². The van der Waals surface area contributed by atoms with Gasteiger partial charge in [-0.2, -0.15) is 0 Å². The molecule has 0 amide bonds. The zero-order chi connectivity index (χ0) is 13.5. The van der Waals surface area contributed by atoms with Crippen LogP contribution in [0, 0.1) is 35.5 Å². The first-order chi connectivity index (χ1) is 9.72. The van der Waals surface area contributed by atoms with Gasteiger partial charge in [-0.25, -0.2) is 4.79 Å². The number of ether oxygens (including phenoxy) is 1.